The highest BCUT2D eigenvalue weighted by atomic mass is 32.2. The van der Waals surface area contributed by atoms with Crippen molar-refractivity contribution in [2.75, 3.05) is 5.75 Å². The normalized spacial score (nSPS) is 11.1. The van der Waals surface area contributed by atoms with Gasteiger partial charge in [0.1, 0.15) is 5.82 Å². The number of aryl methyl sites for hydroxylation is 1. The Morgan fingerprint density at radius 3 is 2.43 bits per heavy atom. The van der Waals surface area contributed by atoms with Crippen LogP contribution in [0.15, 0.2) is 65.8 Å². The van der Waals surface area contributed by atoms with Gasteiger partial charge in [0.05, 0.1) is 5.75 Å². The van der Waals surface area contributed by atoms with Crippen LogP contribution in [0.3, 0.4) is 0 Å². The first-order valence-electron chi connectivity index (χ1n) is 9.51. The second-order valence-corrected chi connectivity index (χ2v) is 7.98. The van der Waals surface area contributed by atoms with Gasteiger partial charge in [-0.15, -0.1) is 10.2 Å². The molecule has 2 aromatic heterocycles. The van der Waals surface area contributed by atoms with E-state index in [1.807, 2.05) is 66.4 Å². The number of hydrogen-bond acceptors (Lipinski definition) is 4. The van der Waals surface area contributed by atoms with Gasteiger partial charge >= 0.3 is 0 Å². The molecule has 0 saturated heterocycles. The van der Waals surface area contributed by atoms with Crippen molar-refractivity contribution in [1.29, 1.82) is 0 Å². The molecular formula is C23H21FN4OS. The first kappa shape index (κ1) is 20.1. The first-order chi connectivity index (χ1) is 14.5. The molecule has 0 aliphatic heterocycles. The number of benzene rings is 2. The van der Waals surface area contributed by atoms with Crippen molar-refractivity contribution >= 4 is 17.5 Å². The van der Waals surface area contributed by atoms with Crippen molar-refractivity contribution in [1.82, 2.24) is 19.3 Å². The predicted octanol–water partition coefficient (Wildman–Crippen LogP) is 5.00. The number of carbonyl (C=O) groups excluding carboxylic acids is 1. The number of rotatable bonds is 6. The maximum Gasteiger partial charge on any atom is 0.191 e. The highest BCUT2D eigenvalue weighted by molar-refractivity contribution is 7.99. The van der Waals surface area contributed by atoms with E-state index in [2.05, 4.69) is 10.2 Å². The lowest BCUT2D eigenvalue weighted by Gasteiger charge is -2.09. The number of ketones is 1. The van der Waals surface area contributed by atoms with E-state index in [4.69, 9.17) is 0 Å². The molecule has 4 rings (SSSR count). The van der Waals surface area contributed by atoms with E-state index in [0.29, 0.717) is 10.7 Å². The van der Waals surface area contributed by atoms with Gasteiger partial charge in [0.2, 0.25) is 0 Å². The minimum absolute atomic E-state index is 0.0192. The van der Waals surface area contributed by atoms with Gasteiger partial charge < -0.3 is 9.13 Å². The summed E-state index contributed by atoms with van der Waals surface area (Å²) in [5, 5.41) is 9.20. The molecule has 0 amide bonds. The highest BCUT2D eigenvalue weighted by Gasteiger charge is 2.19. The molecule has 2 aromatic carbocycles. The number of Topliss-reactive ketones (excluding diaryl/α,β-unsaturated/α-hetero) is 1. The van der Waals surface area contributed by atoms with Gasteiger partial charge in [-0.3, -0.25) is 4.79 Å². The van der Waals surface area contributed by atoms with E-state index in [1.165, 1.54) is 23.9 Å². The van der Waals surface area contributed by atoms with Crippen LogP contribution in [0.4, 0.5) is 4.39 Å². The van der Waals surface area contributed by atoms with Crippen molar-refractivity contribution in [3.63, 3.8) is 0 Å². The molecule has 0 atom stereocenters. The van der Waals surface area contributed by atoms with Crippen LogP contribution in [0.5, 0.6) is 0 Å². The van der Waals surface area contributed by atoms with Gasteiger partial charge in [0, 0.05) is 35.2 Å². The maximum absolute atomic E-state index is 13.3. The lowest BCUT2D eigenvalue weighted by atomic mass is 10.2. The molecule has 0 N–H and O–H groups in total. The van der Waals surface area contributed by atoms with Crippen molar-refractivity contribution < 1.29 is 9.18 Å². The summed E-state index contributed by atoms with van der Waals surface area (Å²) in [5.41, 5.74) is 4.24. The van der Waals surface area contributed by atoms with E-state index in [1.54, 1.807) is 12.1 Å². The Balaban J connectivity index is 1.52. The van der Waals surface area contributed by atoms with E-state index >= 15 is 0 Å². The summed E-state index contributed by atoms with van der Waals surface area (Å²) in [4.78, 5) is 12.9. The average molecular weight is 421 g/mol. The predicted molar refractivity (Wildman–Crippen MR) is 117 cm³/mol. The van der Waals surface area contributed by atoms with Crippen molar-refractivity contribution in [3.8, 4) is 17.1 Å². The molecule has 0 fully saturated rings. The smallest absolute Gasteiger partial charge is 0.191 e. The van der Waals surface area contributed by atoms with Crippen LogP contribution in [0, 0.1) is 19.7 Å². The minimum atomic E-state index is -0.285. The Bertz CT molecular complexity index is 1200. The molecule has 0 spiro atoms. The van der Waals surface area contributed by atoms with Crippen LogP contribution in [-0.4, -0.2) is 30.9 Å². The minimum Gasteiger partial charge on any atom is -0.318 e. The Morgan fingerprint density at radius 1 is 1.03 bits per heavy atom. The molecule has 5 nitrogen and oxygen atoms in total. The van der Waals surface area contributed by atoms with E-state index in [-0.39, 0.29) is 17.4 Å². The third-order valence-corrected chi connectivity index (χ3v) is 6.04. The van der Waals surface area contributed by atoms with Crippen molar-refractivity contribution in [3.05, 3.63) is 83.4 Å². The van der Waals surface area contributed by atoms with Crippen LogP contribution in [0.1, 0.15) is 21.7 Å². The van der Waals surface area contributed by atoms with E-state index < -0.39 is 0 Å². The summed E-state index contributed by atoms with van der Waals surface area (Å²) >= 11 is 1.37. The average Bonchev–Trinajstić information content (AvgIpc) is 3.26. The fourth-order valence-electron chi connectivity index (χ4n) is 3.52. The summed E-state index contributed by atoms with van der Waals surface area (Å²) in [5.74, 6) is 0.757. The van der Waals surface area contributed by atoms with Crippen LogP contribution in [0.2, 0.25) is 0 Å². The molecule has 0 bridgehead atoms. The number of thioether (sulfide) groups is 1. The first-order valence-corrected chi connectivity index (χ1v) is 10.5. The Hall–Kier alpha value is -3.19. The molecule has 4 aromatic rings. The zero-order valence-electron chi connectivity index (χ0n) is 17.0. The monoisotopic (exact) mass is 420 g/mol. The van der Waals surface area contributed by atoms with E-state index in [0.717, 1.165) is 28.5 Å². The standard InChI is InChI=1S/C23H21FN4OS/c1-15-13-20(16(2)28(15)19-11-9-18(24)10-12-19)21(29)14-30-23-26-25-22(27(23)3)17-7-5-4-6-8-17/h4-13H,14H2,1-3H3. The molecule has 0 radical (unpaired) electrons. The molecule has 30 heavy (non-hydrogen) atoms. The number of hydrogen-bond donors (Lipinski definition) is 0. The quantitative estimate of drug-likeness (QED) is 0.325. The lowest BCUT2D eigenvalue weighted by molar-refractivity contribution is 0.102. The molecule has 0 saturated carbocycles. The molecule has 7 heteroatoms. The van der Waals surface area contributed by atoms with E-state index in [9.17, 15) is 9.18 Å². The summed E-state index contributed by atoms with van der Waals surface area (Å²) in [7, 11) is 1.90. The Labute approximate surface area is 178 Å². The number of nitrogens with zero attached hydrogens (tertiary/aromatic N) is 4. The van der Waals surface area contributed by atoms with Gasteiger partial charge in [0.25, 0.3) is 0 Å². The largest absolute Gasteiger partial charge is 0.318 e. The SMILES string of the molecule is Cc1cc(C(=O)CSc2nnc(-c3ccccc3)n2C)c(C)n1-c1ccc(F)cc1. The summed E-state index contributed by atoms with van der Waals surface area (Å²) in [6.07, 6.45) is 0. The Kier molecular flexibility index (Phi) is 5.55. The molecule has 2 heterocycles. The lowest BCUT2D eigenvalue weighted by Crippen LogP contribution is -2.06. The molecule has 0 aliphatic rings. The third kappa shape index (κ3) is 3.80. The van der Waals surface area contributed by atoms with Gasteiger partial charge in [-0.25, -0.2) is 4.39 Å². The zero-order chi connectivity index (χ0) is 21.3. The highest BCUT2D eigenvalue weighted by Crippen LogP contribution is 2.26. The van der Waals surface area contributed by atoms with Crippen LogP contribution in [-0.2, 0) is 7.05 Å². The second-order valence-electron chi connectivity index (χ2n) is 7.04. The summed E-state index contributed by atoms with van der Waals surface area (Å²) in [6.45, 7) is 3.85. The third-order valence-electron chi connectivity index (χ3n) is 5.02. The van der Waals surface area contributed by atoms with Gasteiger partial charge in [0.15, 0.2) is 16.8 Å². The maximum atomic E-state index is 13.3. The van der Waals surface area contributed by atoms with Crippen LogP contribution < -0.4 is 0 Å². The molecule has 152 valence electrons. The van der Waals surface area contributed by atoms with Gasteiger partial charge in [-0.1, -0.05) is 42.1 Å². The number of carbonyl (C=O) groups is 1. The molecule has 0 aliphatic carbocycles. The second kappa shape index (κ2) is 8.28. The van der Waals surface area contributed by atoms with Crippen LogP contribution in [0.25, 0.3) is 17.1 Å². The molecule has 0 unspecified atom stereocenters. The number of halogens is 1. The number of aromatic nitrogens is 4. The van der Waals surface area contributed by atoms with Gasteiger partial charge in [-0.05, 0) is 44.2 Å². The topological polar surface area (TPSA) is 52.7 Å². The van der Waals surface area contributed by atoms with Crippen LogP contribution >= 0.6 is 11.8 Å². The van der Waals surface area contributed by atoms with Crippen molar-refractivity contribution in [2.45, 2.75) is 19.0 Å². The fourth-order valence-corrected chi connectivity index (χ4v) is 4.31. The van der Waals surface area contributed by atoms with Gasteiger partial charge in [-0.2, -0.15) is 0 Å². The fraction of sp³-hybridized carbons (Fsp3) is 0.174. The van der Waals surface area contributed by atoms with Crippen molar-refractivity contribution in [2.24, 2.45) is 7.05 Å². The zero-order valence-corrected chi connectivity index (χ0v) is 17.8. The summed E-state index contributed by atoms with van der Waals surface area (Å²) < 4.78 is 17.1. The molecular weight excluding hydrogens is 399 g/mol. The summed E-state index contributed by atoms with van der Waals surface area (Å²) in [6, 6.07) is 18.0. The Morgan fingerprint density at radius 2 is 1.73 bits per heavy atom.